The average Bonchev–Trinajstić information content (AvgIpc) is 2.95. The fraction of sp³-hybridized carbons (Fsp3) is 0.355. The zero-order valence-electron chi connectivity index (χ0n) is 22.7. The summed E-state index contributed by atoms with van der Waals surface area (Å²) in [4.78, 5) is 24.2. The maximum atomic E-state index is 12.8. The van der Waals surface area contributed by atoms with Crippen LogP contribution in [0.5, 0.6) is 0 Å². The molecule has 0 saturated carbocycles. The molecule has 1 atom stereocenters. The highest BCUT2D eigenvalue weighted by Gasteiger charge is 2.25. The van der Waals surface area contributed by atoms with Gasteiger partial charge in [-0.1, -0.05) is 80.6 Å². The molecule has 1 amide bonds. The third kappa shape index (κ3) is 9.77. The fourth-order valence-electron chi connectivity index (χ4n) is 4.32. The highest BCUT2D eigenvalue weighted by molar-refractivity contribution is 7.89. The van der Waals surface area contributed by atoms with Crippen LogP contribution in [0.25, 0.3) is 11.1 Å². The number of amides is 1. The Morgan fingerprint density at radius 3 is 2.02 bits per heavy atom. The van der Waals surface area contributed by atoms with Crippen molar-refractivity contribution in [2.45, 2.75) is 69.2 Å². The maximum absolute atomic E-state index is 12.8. The summed E-state index contributed by atoms with van der Waals surface area (Å²) in [5.74, 6) is -1.53. The molecule has 0 unspecified atom stereocenters. The van der Waals surface area contributed by atoms with E-state index in [-0.39, 0.29) is 30.2 Å². The summed E-state index contributed by atoms with van der Waals surface area (Å²) in [5, 5.41) is 13.0. The van der Waals surface area contributed by atoms with E-state index < -0.39 is 22.0 Å². The standard InChI is InChI=1S/C31H37ClN2O5S/c1-2-3-4-5-6-8-23-10-12-26(13-11-23)30(35)33-22-7-9-29(31(36)37)34-40(38,39)28-20-16-25(17-21-28)24-14-18-27(32)19-15-24/h10-21,29,34H,2-9,22H2,1H3,(H,33,35)(H,36,37)/t29-/m0/s1. The number of carbonyl (C=O) groups excluding carboxylic acids is 1. The summed E-state index contributed by atoms with van der Waals surface area (Å²) < 4.78 is 28.0. The molecule has 3 rings (SSSR count). The molecule has 0 radical (unpaired) electrons. The van der Waals surface area contributed by atoms with Gasteiger partial charge in [-0.15, -0.1) is 0 Å². The number of hydrogen-bond donors (Lipinski definition) is 3. The van der Waals surface area contributed by atoms with E-state index in [1.165, 1.54) is 43.4 Å². The van der Waals surface area contributed by atoms with Gasteiger partial charge in [0.15, 0.2) is 0 Å². The second kappa shape index (κ2) is 15.6. The van der Waals surface area contributed by atoms with Crippen molar-refractivity contribution in [1.82, 2.24) is 10.0 Å². The van der Waals surface area contributed by atoms with Crippen molar-refractivity contribution >= 4 is 33.5 Å². The van der Waals surface area contributed by atoms with Crippen LogP contribution in [0.4, 0.5) is 0 Å². The Morgan fingerprint density at radius 2 is 1.43 bits per heavy atom. The van der Waals surface area contributed by atoms with E-state index in [1.54, 1.807) is 36.4 Å². The van der Waals surface area contributed by atoms with Gasteiger partial charge in [-0.3, -0.25) is 9.59 Å². The molecule has 0 aliphatic heterocycles. The molecule has 7 nitrogen and oxygen atoms in total. The van der Waals surface area contributed by atoms with E-state index >= 15 is 0 Å². The number of sulfonamides is 1. The van der Waals surface area contributed by atoms with Gasteiger partial charge in [0.2, 0.25) is 10.0 Å². The Hall–Kier alpha value is -3.20. The van der Waals surface area contributed by atoms with E-state index in [0.29, 0.717) is 10.6 Å². The van der Waals surface area contributed by atoms with Crippen LogP contribution in [0.3, 0.4) is 0 Å². The van der Waals surface area contributed by atoms with Crippen LogP contribution in [0.2, 0.25) is 5.02 Å². The largest absolute Gasteiger partial charge is 0.480 e. The molecule has 0 bridgehead atoms. The lowest BCUT2D eigenvalue weighted by atomic mass is 10.0. The smallest absolute Gasteiger partial charge is 0.321 e. The number of nitrogens with one attached hydrogen (secondary N) is 2. The molecule has 0 saturated heterocycles. The van der Waals surface area contributed by atoms with Crippen molar-refractivity contribution in [3.05, 3.63) is 88.9 Å². The number of unbranched alkanes of at least 4 members (excludes halogenated alkanes) is 4. The summed E-state index contributed by atoms with van der Waals surface area (Å²) in [6.45, 7) is 2.42. The molecule has 0 aliphatic rings. The monoisotopic (exact) mass is 584 g/mol. The first-order valence-electron chi connectivity index (χ1n) is 13.7. The summed E-state index contributed by atoms with van der Waals surface area (Å²) in [6, 6.07) is 19.5. The van der Waals surface area contributed by atoms with Crippen LogP contribution in [-0.2, 0) is 21.2 Å². The molecule has 40 heavy (non-hydrogen) atoms. The third-order valence-corrected chi connectivity index (χ3v) is 8.42. The average molecular weight is 585 g/mol. The lowest BCUT2D eigenvalue weighted by Crippen LogP contribution is -2.41. The quantitative estimate of drug-likeness (QED) is 0.167. The van der Waals surface area contributed by atoms with Crippen molar-refractivity contribution in [3.63, 3.8) is 0 Å². The van der Waals surface area contributed by atoms with Gasteiger partial charge in [0.25, 0.3) is 5.91 Å². The summed E-state index contributed by atoms with van der Waals surface area (Å²) in [6.07, 6.45) is 7.37. The zero-order valence-corrected chi connectivity index (χ0v) is 24.3. The topological polar surface area (TPSA) is 113 Å². The first-order valence-corrected chi connectivity index (χ1v) is 15.5. The third-order valence-electron chi connectivity index (χ3n) is 6.68. The Balaban J connectivity index is 1.47. The molecule has 9 heteroatoms. The number of rotatable bonds is 16. The van der Waals surface area contributed by atoms with Crippen LogP contribution >= 0.6 is 11.6 Å². The zero-order chi connectivity index (χ0) is 29.0. The van der Waals surface area contributed by atoms with Crippen molar-refractivity contribution < 1.29 is 23.1 Å². The summed E-state index contributed by atoms with van der Waals surface area (Å²) in [7, 11) is -4.06. The van der Waals surface area contributed by atoms with Crippen molar-refractivity contribution in [2.24, 2.45) is 0 Å². The van der Waals surface area contributed by atoms with Crippen LogP contribution in [0.15, 0.2) is 77.7 Å². The number of benzene rings is 3. The molecule has 0 spiro atoms. The Morgan fingerprint density at radius 1 is 0.825 bits per heavy atom. The fourth-order valence-corrected chi connectivity index (χ4v) is 5.67. The maximum Gasteiger partial charge on any atom is 0.321 e. The molecule has 0 heterocycles. The minimum absolute atomic E-state index is 0.0225. The minimum atomic E-state index is -4.06. The van der Waals surface area contributed by atoms with Crippen LogP contribution in [0.1, 0.15) is 67.8 Å². The molecule has 3 aromatic carbocycles. The minimum Gasteiger partial charge on any atom is -0.480 e. The number of aryl methyl sites for hydroxylation is 1. The van der Waals surface area contributed by atoms with E-state index in [4.69, 9.17) is 11.6 Å². The van der Waals surface area contributed by atoms with Crippen molar-refractivity contribution in [2.75, 3.05) is 6.54 Å². The first kappa shape index (κ1) is 31.3. The van der Waals surface area contributed by atoms with Gasteiger partial charge in [-0.25, -0.2) is 8.42 Å². The Bertz CT molecular complexity index is 1340. The van der Waals surface area contributed by atoms with Gasteiger partial charge in [-0.05, 0) is 78.8 Å². The Kier molecular flexibility index (Phi) is 12.2. The molecule has 0 aliphatic carbocycles. The second-order valence-electron chi connectivity index (χ2n) is 9.80. The molecule has 0 fully saturated rings. The highest BCUT2D eigenvalue weighted by atomic mass is 35.5. The van der Waals surface area contributed by atoms with Crippen LogP contribution in [0, 0.1) is 0 Å². The van der Waals surface area contributed by atoms with Crippen molar-refractivity contribution in [3.8, 4) is 11.1 Å². The SMILES string of the molecule is CCCCCCCc1ccc(C(=O)NCCC[C@H](NS(=O)(=O)c2ccc(-c3ccc(Cl)cc3)cc2)C(=O)O)cc1. The predicted molar refractivity (Wildman–Crippen MR) is 159 cm³/mol. The first-order chi connectivity index (χ1) is 19.2. The number of halogens is 1. The second-order valence-corrected chi connectivity index (χ2v) is 12.0. The van der Waals surface area contributed by atoms with Gasteiger partial charge >= 0.3 is 5.97 Å². The predicted octanol–water partition coefficient (Wildman–Crippen LogP) is 6.46. The van der Waals surface area contributed by atoms with Crippen LogP contribution < -0.4 is 10.0 Å². The molecule has 214 valence electrons. The molecule has 0 aromatic heterocycles. The van der Waals surface area contributed by atoms with Gasteiger partial charge in [0.05, 0.1) is 4.90 Å². The van der Waals surface area contributed by atoms with E-state index in [2.05, 4.69) is 17.0 Å². The van der Waals surface area contributed by atoms with E-state index in [9.17, 15) is 23.1 Å². The van der Waals surface area contributed by atoms with Crippen LogP contribution in [-0.4, -0.2) is 38.0 Å². The number of carbonyl (C=O) groups is 2. The normalized spacial score (nSPS) is 12.2. The Labute approximate surface area is 242 Å². The molecular formula is C31H37ClN2O5S. The number of carboxylic acid groups (broad SMARTS) is 1. The van der Waals surface area contributed by atoms with Gasteiger partial charge in [-0.2, -0.15) is 4.72 Å². The van der Waals surface area contributed by atoms with E-state index in [0.717, 1.165) is 24.0 Å². The highest BCUT2D eigenvalue weighted by Crippen LogP contribution is 2.23. The number of aliphatic carboxylic acids is 1. The molecule has 3 N–H and O–H groups in total. The number of hydrogen-bond acceptors (Lipinski definition) is 4. The molecular weight excluding hydrogens is 548 g/mol. The van der Waals surface area contributed by atoms with E-state index in [1.807, 2.05) is 24.3 Å². The lowest BCUT2D eigenvalue weighted by molar-refractivity contribution is -0.139. The lowest BCUT2D eigenvalue weighted by Gasteiger charge is -2.15. The van der Waals surface area contributed by atoms with Gasteiger partial charge in [0, 0.05) is 17.1 Å². The summed E-state index contributed by atoms with van der Waals surface area (Å²) >= 11 is 5.92. The van der Waals surface area contributed by atoms with Gasteiger partial charge < -0.3 is 10.4 Å². The summed E-state index contributed by atoms with van der Waals surface area (Å²) in [5.41, 5.74) is 3.41. The van der Waals surface area contributed by atoms with Crippen molar-refractivity contribution in [1.29, 1.82) is 0 Å². The van der Waals surface area contributed by atoms with Gasteiger partial charge in [0.1, 0.15) is 6.04 Å². The molecule has 3 aromatic rings. The number of carboxylic acids is 1.